The minimum Gasteiger partial charge on any atom is -0.494 e. The van der Waals surface area contributed by atoms with Crippen LogP contribution >= 0.6 is 0 Å². The topological polar surface area (TPSA) is 53.1 Å². The van der Waals surface area contributed by atoms with Crippen molar-refractivity contribution in [2.75, 3.05) is 12.8 Å². The average molecular weight is 289 g/mol. The van der Waals surface area contributed by atoms with E-state index in [2.05, 4.69) is 36.4 Å². The van der Waals surface area contributed by atoms with Crippen LogP contribution in [0.25, 0.3) is 11.0 Å². The first-order valence-corrected chi connectivity index (χ1v) is 7.77. The Balaban J connectivity index is 2.27. The number of para-hydroxylation sites is 1. The second-order valence-corrected chi connectivity index (χ2v) is 6.51. The van der Waals surface area contributed by atoms with Gasteiger partial charge in [-0.05, 0) is 24.0 Å². The Kier molecular flexibility index (Phi) is 4.76. The molecule has 0 aliphatic rings. The monoisotopic (exact) mass is 289 g/mol. The maximum Gasteiger partial charge on any atom is 0.201 e. The van der Waals surface area contributed by atoms with E-state index in [0.717, 1.165) is 23.3 Å². The standard InChI is InChI=1S/C17H27N3O/c1-5-6-7-11-17(2,3)12-20-13-9-8-10-14(21-4)15(13)19-16(20)18/h8-10H,5-7,11-12H2,1-4H3,(H2,18,19). The minimum atomic E-state index is 0.208. The van der Waals surface area contributed by atoms with Gasteiger partial charge in [0.05, 0.1) is 12.6 Å². The van der Waals surface area contributed by atoms with Crippen molar-refractivity contribution in [3.05, 3.63) is 18.2 Å². The zero-order valence-corrected chi connectivity index (χ0v) is 13.6. The summed E-state index contributed by atoms with van der Waals surface area (Å²) >= 11 is 0. The normalized spacial score (nSPS) is 12.0. The Labute approximate surface area is 127 Å². The SMILES string of the molecule is CCCCCC(C)(C)Cn1c(N)nc2c(OC)cccc21. The lowest BCUT2D eigenvalue weighted by molar-refractivity contribution is 0.276. The molecule has 2 aromatic rings. The van der Waals surface area contributed by atoms with Crippen molar-refractivity contribution < 1.29 is 4.74 Å². The second-order valence-electron chi connectivity index (χ2n) is 6.51. The zero-order chi connectivity index (χ0) is 15.5. The first-order valence-electron chi connectivity index (χ1n) is 7.77. The summed E-state index contributed by atoms with van der Waals surface area (Å²) in [6, 6.07) is 5.97. The van der Waals surface area contributed by atoms with Gasteiger partial charge in [0.25, 0.3) is 0 Å². The number of ether oxygens (including phenoxy) is 1. The van der Waals surface area contributed by atoms with Crippen LogP contribution in [0.2, 0.25) is 0 Å². The number of rotatable bonds is 7. The van der Waals surface area contributed by atoms with Gasteiger partial charge in [-0.1, -0.05) is 46.1 Å². The number of anilines is 1. The highest BCUT2D eigenvalue weighted by atomic mass is 16.5. The summed E-state index contributed by atoms with van der Waals surface area (Å²) in [4.78, 5) is 4.48. The van der Waals surface area contributed by atoms with Gasteiger partial charge in [-0.3, -0.25) is 0 Å². The van der Waals surface area contributed by atoms with E-state index in [1.54, 1.807) is 7.11 Å². The van der Waals surface area contributed by atoms with Gasteiger partial charge in [-0.15, -0.1) is 0 Å². The molecule has 0 spiro atoms. The Morgan fingerprint density at radius 1 is 1.29 bits per heavy atom. The Bertz CT molecular complexity index is 601. The van der Waals surface area contributed by atoms with Crippen LogP contribution in [0.3, 0.4) is 0 Å². The van der Waals surface area contributed by atoms with Gasteiger partial charge >= 0.3 is 0 Å². The highest BCUT2D eigenvalue weighted by Crippen LogP contribution is 2.32. The predicted octanol–water partition coefficient (Wildman–Crippen LogP) is 4.23. The Morgan fingerprint density at radius 3 is 2.71 bits per heavy atom. The number of methoxy groups -OCH3 is 1. The quantitative estimate of drug-likeness (QED) is 0.776. The lowest BCUT2D eigenvalue weighted by Crippen LogP contribution is -2.20. The number of fused-ring (bicyclic) bond motifs is 1. The molecule has 1 aromatic carbocycles. The number of aromatic nitrogens is 2. The maximum atomic E-state index is 6.14. The molecule has 0 saturated heterocycles. The van der Waals surface area contributed by atoms with Crippen molar-refractivity contribution in [2.45, 2.75) is 53.0 Å². The number of nitrogens with two attached hydrogens (primary N) is 1. The van der Waals surface area contributed by atoms with E-state index in [1.165, 1.54) is 25.7 Å². The molecule has 1 heterocycles. The van der Waals surface area contributed by atoms with Crippen LogP contribution in [0.4, 0.5) is 5.95 Å². The highest BCUT2D eigenvalue weighted by Gasteiger charge is 2.21. The maximum absolute atomic E-state index is 6.14. The number of benzene rings is 1. The smallest absolute Gasteiger partial charge is 0.201 e. The third-order valence-electron chi connectivity index (χ3n) is 4.03. The molecule has 0 aliphatic heterocycles. The van der Waals surface area contributed by atoms with E-state index in [9.17, 15) is 0 Å². The predicted molar refractivity (Wildman–Crippen MR) is 88.6 cm³/mol. The first kappa shape index (κ1) is 15.7. The number of imidazole rings is 1. The van der Waals surface area contributed by atoms with Crippen LogP contribution in [0.15, 0.2) is 18.2 Å². The Morgan fingerprint density at radius 2 is 2.05 bits per heavy atom. The lowest BCUT2D eigenvalue weighted by atomic mass is 9.86. The lowest BCUT2D eigenvalue weighted by Gasteiger charge is -2.26. The Hall–Kier alpha value is -1.71. The molecule has 0 amide bonds. The van der Waals surface area contributed by atoms with Crippen molar-refractivity contribution in [3.63, 3.8) is 0 Å². The summed E-state index contributed by atoms with van der Waals surface area (Å²) in [5.41, 5.74) is 8.24. The molecule has 116 valence electrons. The molecule has 4 heteroatoms. The van der Waals surface area contributed by atoms with Crippen LogP contribution < -0.4 is 10.5 Å². The summed E-state index contributed by atoms with van der Waals surface area (Å²) in [5, 5.41) is 0. The van der Waals surface area contributed by atoms with E-state index < -0.39 is 0 Å². The minimum absolute atomic E-state index is 0.208. The number of nitrogens with zero attached hydrogens (tertiary/aromatic N) is 2. The van der Waals surface area contributed by atoms with Gasteiger partial charge in [0, 0.05) is 6.54 Å². The molecule has 2 N–H and O–H groups in total. The number of unbranched alkanes of at least 4 members (excludes halogenated alkanes) is 2. The molecule has 0 bridgehead atoms. The van der Waals surface area contributed by atoms with Crippen molar-refractivity contribution in [3.8, 4) is 5.75 Å². The molecule has 0 saturated carbocycles. The van der Waals surface area contributed by atoms with Gasteiger partial charge in [-0.2, -0.15) is 0 Å². The first-order chi connectivity index (χ1) is 9.98. The molecule has 1 aromatic heterocycles. The van der Waals surface area contributed by atoms with Crippen LogP contribution in [0, 0.1) is 5.41 Å². The van der Waals surface area contributed by atoms with Crippen molar-refractivity contribution in [2.24, 2.45) is 5.41 Å². The number of nitrogen functional groups attached to an aromatic ring is 1. The summed E-state index contributed by atoms with van der Waals surface area (Å²) in [7, 11) is 1.67. The fraction of sp³-hybridized carbons (Fsp3) is 0.588. The van der Waals surface area contributed by atoms with Gasteiger partial charge in [0.1, 0.15) is 11.3 Å². The molecular formula is C17H27N3O. The summed E-state index contributed by atoms with van der Waals surface area (Å²) in [6.45, 7) is 7.72. The van der Waals surface area contributed by atoms with Gasteiger partial charge in [0.15, 0.2) is 0 Å². The van der Waals surface area contributed by atoms with Crippen molar-refractivity contribution in [1.29, 1.82) is 0 Å². The summed E-state index contributed by atoms with van der Waals surface area (Å²) in [5.74, 6) is 1.35. The van der Waals surface area contributed by atoms with E-state index >= 15 is 0 Å². The fourth-order valence-corrected chi connectivity index (χ4v) is 2.83. The average Bonchev–Trinajstić information content (AvgIpc) is 2.75. The number of hydrogen-bond acceptors (Lipinski definition) is 3. The van der Waals surface area contributed by atoms with Crippen LogP contribution in [-0.4, -0.2) is 16.7 Å². The van der Waals surface area contributed by atoms with E-state index in [4.69, 9.17) is 10.5 Å². The molecule has 0 aliphatic carbocycles. The summed E-state index contributed by atoms with van der Waals surface area (Å²) in [6.07, 6.45) is 5.00. The van der Waals surface area contributed by atoms with Crippen LogP contribution in [0.1, 0.15) is 46.5 Å². The number of hydrogen-bond donors (Lipinski definition) is 1. The van der Waals surface area contributed by atoms with Gasteiger partial charge in [-0.25, -0.2) is 4.98 Å². The summed E-state index contributed by atoms with van der Waals surface area (Å²) < 4.78 is 7.49. The molecule has 2 rings (SSSR count). The highest BCUT2D eigenvalue weighted by molar-refractivity contribution is 5.84. The van der Waals surface area contributed by atoms with E-state index in [-0.39, 0.29) is 5.41 Å². The largest absolute Gasteiger partial charge is 0.494 e. The molecule has 0 fully saturated rings. The third kappa shape index (κ3) is 3.49. The molecule has 0 unspecified atom stereocenters. The molecule has 0 radical (unpaired) electrons. The third-order valence-corrected chi connectivity index (χ3v) is 4.03. The molecular weight excluding hydrogens is 262 g/mol. The molecule has 0 atom stereocenters. The fourth-order valence-electron chi connectivity index (χ4n) is 2.83. The van der Waals surface area contributed by atoms with Gasteiger partial charge in [0.2, 0.25) is 5.95 Å². The molecule has 21 heavy (non-hydrogen) atoms. The van der Waals surface area contributed by atoms with Crippen molar-refractivity contribution in [1.82, 2.24) is 9.55 Å². The molecule has 4 nitrogen and oxygen atoms in total. The van der Waals surface area contributed by atoms with Gasteiger partial charge < -0.3 is 15.0 Å². The zero-order valence-electron chi connectivity index (χ0n) is 13.6. The second kappa shape index (κ2) is 6.37. The van der Waals surface area contributed by atoms with E-state index in [1.807, 2.05) is 12.1 Å². The van der Waals surface area contributed by atoms with E-state index in [0.29, 0.717) is 5.95 Å². The van der Waals surface area contributed by atoms with Crippen molar-refractivity contribution >= 4 is 17.0 Å². The van der Waals surface area contributed by atoms with Crippen LogP contribution in [0.5, 0.6) is 5.75 Å². The van der Waals surface area contributed by atoms with Crippen LogP contribution in [-0.2, 0) is 6.54 Å².